The molecule has 2 rings (SSSR count). The van der Waals surface area contributed by atoms with Crippen molar-refractivity contribution in [2.45, 2.75) is 38.2 Å². The molecule has 3 nitrogen and oxygen atoms in total. The highest BCUT2D eigenvalue weighted by Gasteiger charge is 2.29. The second kappa shape index (κ2) is 3.79. The molecule has 1 heterocycles. The van der Waals surface area contributed by atoms with Gasteiger partial charge in [-0.2, -0.15) is 0 Å². The van der Waals surface area contributed by atoms with Crippen molar-refractivity contribution in [2.75, 3.05) is 0 Å². The lowest BCUT2D eigenvalue weighted by Crippen LogP contribution is -2.27. The predicted molar refractivity (Wildman–Crippen MR) is 54.5 cm³/mol. The van der Waals surface area contributed by atoms with Crippen LogP contribution in [0.3, 0.4) is 0 Å². The number of ketones is 1. The van der Waals surface area contributed by atoms with Crippen LogP contribution in [0, 0.1) is 6.92 Å². The minimum atomic E-state index is -0.504. The number of carbonyl (C=O) groups excluding carboxylic acids is 1. The highest BCUT2D eigenvalue weighted by molar-refractivity contribution is 7.11. The van der Waals surface area contributed by atoms with Crippen LogP contribution in [0.2, 0.25) is 0 Å². The van der Waals surface area contributed by atoms with Crippen molar-refractivity contribution in [1.29, 1.82) is 0 Å². The van der Waals surface area contributed by atoms with Crippen molar-refractivity contribution < 1.29 is 9.90 Å². The summed E-state index contributed by atoms with van der Waals surface area (Å²) in [5, 5.41) is 10.8. The molecule has 1 aliphatic rings. The zero-order valence-electron chi connectivity index (χ0n) is 8.06. The van der Waals surface area contributed by atoms with Crippen LogP contribution in [0.4, 0.5) is 0 Å². The van der Waals surface area contributed by atoms with E-state index in [0.717, 1.165) is 16.3 Å². The number of hydrogen-bond donors (Lipinski definition) is 1. The fourth-order valence-corrected chi connectivity index (χ4v) is 2.85. The summed E-state index contributed by atoms with van der Waals surface area (Å²) in [4.78, 5) is 16.4. The van der Waals surface area contributed by atoms with Crippen molar-refractivity contribution in [1.82, 2.24) is 4.98 Å². The minimum absolute atomic E-state index is 0.124. The number of aliphatic hydroxyl groups is 1. The molecule has 0 saturated heterocycles. The van der Waals surface area contributed by atoms with E-state index in [1.54, 1.807) is 11.3 Å². The highest BCUT2D eigenvalue weighted by Crippen LogP contribution is 2.34. The first-order chi connectivity index (χ1) is 6.66. The summed E-state index contributed by atoms with van der Waals surface area (Å²) in [7, 11) is 0. The zero-order valence-corrected chi connectivity index (χ0v) is 8.88. The Morgan fingerprint density at radius 1 is 1.64 bits per heavy atom. The topological polar surface area (TPSA) is 50.2 Å². The van der Waals surface area contributed by atoms with E-state index in [1.807, 2.05) is 13.1 Å². The molecule has 1 N–H and O–H groups in total. The van der Waals surface area contributed by atoms with Crippen LogP contribution in [-0.4, -0.2) is 22.0 Å². The van der Waals surface area contributed by atoms with Gasteiger partial charge >= 0.3 is 0 Å². The van der Waals surface area contributed by atoms with Gasteiger partial charge in [0.15, 0.2) is 0 Å². The van der Waals surface area contributed by atoms with E-state index in [4.69, 9.17) is 0 Å². The van der Waals surface area contributed by atoms with Crippen LogP contribution in [0.1, 0.15) is 35.1 Å². The summed E-state index contributed by atoms with van der Waals surface area (Å²) in [5.41, 5.74) is 0. The molecule has 2 unspecified atom stereocenters. The highest BCUT2D eigenvalue weighted by atomic mass is 32.1. The smallest absolute Gasteiger partial charge is 0.135 e. The molecule has 0 aliphatic heterocycles. The number of rotatable bonds is 1. The maximum absolute atomic E-state index is 11.1. The fraction of sp³-hybridized carbons (Fsp3) is 0.600. The van der Waals surface area contributed by atoms with Crippen LogP contribution >= 0.6 is 11.3 Å². The van der Waals surface area contributed by atoms with Crippen molar-refractivity contribution in [3.05, 3.63) is 16.1 Å². The molecule has 1 saturated carbocycles. The minimum Gasteiger partial charge on any atom is -0.392 e. The number of hydrogen-bond acceptors (Lipinski definition) is 4. The molecule has 14 heavy (non-hydrogen) atoms. The summed E-state index contributed by atoms with van der Waals surface area (Å²) in [6.45, 7) is 1.95. The predicted octanol–water partition coefficient (Wildman–Crippen LogP) is 1.65. The van der Waals surface area contributed by atoms with Gasteiger partial charge in [0, 0.05) is 29.8 Å². The molecule has 0 spiro atoms. The maximum atomic E-state index is 11.1. The van der Waals surface area contributed by atoms with Gasteiger partial charge in [-0.3, -0.25) is 4.79 Å². The second-order valence-corrected chi connectivity index (χ2v) is 5.00. The van der Waals surface area contributed by atoms with E-state index in [9.17, 15) is 9.90 Å². The second-order valence-electron chi connectivity index (χ2n) is 3.74. The molecule has 1 aromatic heterocycles. The Balaban J connectivity index is 2.15. The lowest BCUT2D eigenvalue weighted by Gasteiger charge is -2.25. The first-order valence-corrected chi connectivity index (χ1v) is 5.60. The monoisotopic (exact) mass is 211 g/mol. The number of aryl methyl sites for hydroxylation is 1. The Kier molecular flexibility index (Phi) is 2.65. The summed E-state index contributed by atoms with van der Waals surface area (Å²) >= 11 is 1.62. The van der Waals surface area contributed by atoms with Crippen LogP contribution < -0.4 is 0 Å². The Morgan fingerprint density at radius 2 is 2.43 bits per heavy atom. The quantitative estimate of drug-likeness (QED) is 0.768. The average Bonchev–Trinajstić information content (AvgIpc) is 2.51. The average molecular weight is 211 g/mol. The van der Waals surface area contributed by atoms with E-state index >= 15 is 0 Å². The first-order valence-electron chi connectivity index (χ1n) is 4.79. The SMILES string of the molecule is Cc1ncc(C2CCC(=O)CC2O)s1. The normalized spacial score (nSPS) is 28.0. The van der Waals surface area contributed by atoms with Gasteiger partial charge in [0.2, 0.25) is 0 Å². The molecule has 0 aromatic carbocycles. The van der Waals surface area contributed by atoms with Gasteiger partial charge in [-0.15, -0.1) is 11.3 Å². The van der Waals surface area contributed by atoms with E-state index < -0.39 is 6.10 Å². The van der Waals surface area contributed by atoms with Gasteiger partial charge in [-0.25, -0.2) is 4.98 Å². The summed E-state index contributed by atoms with van der Waals surface area (Å²) in [5.74, 6) is 0.300. The number of carbonyl (C=O) groups is 1. The van der Waals surface area contributed by atoms with Crippen molar-refractivity contribution in [3.63, 3.8) is 0 Å². The molecule has 1 aliphatic carbocycles. The van der Waals surface area contributed by atoms with E-state index in [0.29, 0.717) is 12.8 Å². The lowest BCUT2D eigenvalue weighted by atomic mass is 9.85. The summed E-state index contributed by atoms with van der Waals surface area (Å²) in [6.07, 6.45) is 2.99. The van der Waals surface area contributed by atoms with E-state index in [-0.39, 0.29) is 11.7 Å². The molecule has 76 valence electrons. The Labute approximate surface area is 86.8 Å². The molecular weight excluding hydrogens is 198 g/mol. The molecule has 0 bridgehead atoms. The van der Waals surface area contributed by atoms with Gasteiger partial charge in [0.25, 0.3) is 0 Å². The largest absolute Gasteiger partial charge is 0.392 e. The van der Waals surface area contributed by atoms with Gasteiger partial charge in [0.1, 0.15) is 5.78 Å². The van der Waals surface area contributed by atoms with Crippen LogP contribution in [0.5, 0.6) is 0 Å². The summed E-state index contributed by atoms with van der Waals surface area (Å²) < 4.78 is 0. The fourth-order valence-electron chi connectivity index (χ4n) is 1.87. The van der Waals surface area contributed by atoms with Crippen LogP contribution in [0.25, 0.3) is 0 Å². The Bertz CT molecular complexity index is 348. The first kappa shape index (κ1) is 9.80. The van der Waals surface area contributed by atoms with Gasteiger partial charge in [-0.1, -0.05) is 0 Å². The molecule has 2 atom stereocenters. The molecular formula is C10H13NO2S. The number of aromatic nitrogens is 1. The van der Waals surface area contributed by atoms with Gasteiger partial charge < -0.3 is 5.11 Å². The van der Waals surface area contributed by atoms with Crippen LogP contribution in [0.15, 0.2) is 6.20 Å². The molecule has 1 fully saturated rings. The molecule has 0 amide bonds. The van der Waals surface area contributed by atoms with Crippen molar-refractivity contribution >= 4 is 17.1 Å². The van der Waals surface area contributed by atoms with Gasteiger partial charge in [0.05, 0.1) is 11.1 Å². The van der Waals surface area contributed by atoms with E-state index in [1.165, 1.54) is 0 Å². The lowest BCUT2D eigenvalue weighted by molar-refractivity contribution is -0.123. The number of Topliss-reactive ketones (excluding diaryl/α,β-unsaturated/α-hetero) is 1. The third-order valence-corrected chi connectivity index (χ3v) is 3.68. The third kappa shape index (κ3) is 1.86. The zero-order chi connectivity index (χ0) is 10.1. The summed E-state index contributed by atoms with van der Waals surface area (Å²) in [6, 6.07) is 0. The molecule has 1 aromatic rings. The van der Waals surface area contributed by atoms with Crippen molar-refractivity contribution in [3.8, 4) is 0 Å². The Hall–Kier alpha value is -0.740. The number of thiazole rings is 1. The van der Waals surface area contributed by atoms with Crippen molar-refractivity contribution in [2.24, 2.45) is 0 Å². The standard InChI is InChI=1S/C10H13NO2S/c1-6-11-5-10(14-6)8-3-2-7(12)4-9(8)13/h5,8-9,13H,2-4H2,1H3. The van der Waals surface area contributed by atoms with E-state index in [2.05, 4.69) is 4.98 Å². The molecule has 4 heteroatoms. The number of aliphatic hydroxyl groups excluding tert-OH is 1. The Morgan fingerprint density at radius 3 is 3.00 bits per heavy atom. The molecule has 0 radical (unpaired) electrons. The van der Waals surface area contributed by atoms with Gasteiger partial charge in [-0.05, 0) is 13.3 Å². The number of nitrogens with zero attached hydrogens (tertiary/aromatic N) is 1. The maximum Gasteiger partial charge on any atom is 0.135 e. The third-order valence-electron chi connectivity index (χ3n) is 2.64. The van der Waals surface area contributed by atoms with Crippen LogP contribution in [-0.2, 0) is 4.79 Å².